The second-order valence-corrected chi connectivity index (χ2v) is 6.59. The molecule has 104 valence electrons. The minimum atomic E-state index is 0.312. The Morgan fingerprint density at radius 2 is 2.11 bits per heavy atom. The van der Waals surface area contributed by atoms with Crippen molar-refractivity contribution in [1.82, 2.24) is 4.98 Å². The van der Waals surface area contributed by atoms with Crippen molar-refractivity contribution in [3.8, 4) is 0 Å². The molecular weight excluding hydrogens is 254 g/mol. The fraction of sp³-hybridized carbons (Fsp3) is 0.625. The Kier molecular flexibility index (Phi) is 5.90. The van der Waals surface area contributed by atoms with Crippen LogP contribution in [0.2, 0.25) is 0 Å². The Labute approximate surface area is 120 Å². The Bertz CT molecular complexity index is 396. The number of aryl methyl sites for hydroxylation is 1. The molecule has 3 heteroatoms. The summed E-state index contributed by atoms with van der Waals surface area (Å²) in [5.41, 5.74) is 2.14. The number of carbonyl (C=O) groups is 1. The zero-order chi connectivity index (χ0) is 13.5. The van der Waals surface area contributed by atoms with E-state index in [1.807, 2.05) is 24.0 Å². The lowest BCUT2D eigenvalue weighted by atomic mass is 10.0. The lowest BCUT2D eigenvalue weighted by Crippen LogP contribution is -2.13. The normalized spacial score (nSPS) is 16.5. The molecule has 1 aliphatic carbocycles. The minimum absolute atomic E-state index is 0.312. The Balaban J connectivity index is 1.73. The average Bonchev–Trinajstić information content (AvgIpc) is 2.47. The molecule has 1 aromatic heterocycles. The van der Waals surface area contributed by atoms with E-state index in [1.54, 1.807) is 0 Å². The summed E-state index contributed by atoms with van der Waals surface area (Å²) < 4.78 is 0. The average molecular weight is 277 g/mol. The highest BCUT2D eigenvalue weighted by Crippen LogP contribution is 2.28. The maximum absolute atomic E-state index is 11.9. The van der Waals surface area contributed by atoms with Crippen molar-refractivity contribution in [2.24, 2.45) is 0 Å². The summed E-state index contributed by atoms with van der Waals surface area (Å²) in [4.78, 5) is 16.3. The first kappa shape index (κ1) is 14.6. The summed E-state index contributed by atoms with van der Waals surface area (Å²) in [7, 11) is 0. The van der Waals surface area contributed by atoms with Gasteiger partial charge < -0.3 is 0 Å². The van der Waals surface area contributed by atoms with Crippen LogP contribution in [0, 0.1) is 0 Å². The molecule has 2 rings (SSSR count). The van der Waals surface area contributed by atoms with Crippen LogP contribution in [0.15, 0.2) is 18.3 Å². The molecule has 0 N–H and O–H groups in total. The van der Waals surface area contributed by atoms with Crippen LogP contribution in [0.3, 0.4) is 0 Å². The van der Waals surface area contributed by atoms with Crippen molar-refractivity contribution in [2.75, 3.05) is 5.75 Å². The third-order valence-corrected chi connectivity index (χ3v) is 5.14. The van der Waals surface area contributed by atoms with E-state index in [0.29, 0.717) is 23.2 Å². The maximum atomic E-state index is 11.9. The molecule has 1 aromatic rings. The highest BCUT2D eigenvalue weighted by Gasteiger charge is 2.15. The number of pyridine rings is 1. The second kappa shape index (κ2) is 7.68. The highest BCUT2D eigenvalue weighted by atomic mass is 32.2. The molecule has 0 spiro atoms. The molecule has 0 bridgehead atoms. The van der Waals surface area contributed by atoms with E-state index in [-0.39, 0.29) is 0 Å². The molecular formula is C16H23NOS. The molecule has 1 aliphatic rings. The molecule has 0 aromatic carbocycles. The maximum Gasteiger partial charge on any atom is 0.148 e. The molecule has 0 atom stereocenters. The fourth-order valence-electron chi connectivity index (χ4n) is 2.46. The zero-order valence-corrected chi connectivity index (χ0v) is 12.5. The van der Waals surface area contributed by atoms with Gasteiger partial charge in [0, 0.05) is 23.6 Å². The number of ketones is 1. The molecule has 0 aliphatic heterocycles. The van der Waals surface area contributed by atoms with Crippen LogP contribution in [-0.2, 0) is 17.6 Å². The second-order valence-electron chi connectivity index (χ2n) is 5.30. The van der Waals surface area contributed by atoms with Crippen LogP contribution in [-0.4, -0.2) is 21.8 Å². The first-order valence-electron chi connectivity index (χ1n) is 7.35. The van der Waals surface area contributed by atoms with Crippen molar-refractivity contribution in [3.63, 3.8) is 0 Å². The first-order valence-corrected chi connectivity index (χ1v) is 8.40. The number of hydrogen-bond donors (Lipinski definition) is 0. The molecule has 0 unspecified atom stereocenters. The molecule has 1 fully saturated rings. The van der Waals surface area contributed by atoms with Gasteiger partial charge in [-0.15, -0.1) is 0 Å². The van der Waals surface area contributed by atoms with E-state index in [1.165, 1.54) is 37.7 Å². The third-order valence-electron chi connectivity index (χ3n) is 3.70. The molecule has 1 saturated carbocycles. The van der Waals surface area contributed by atoms with E-state index >= 15 is 0 Å². The van der Waals surface area contributed by atoms with E-state index in [4.69, 9.17) is 0 Å². The van der Waals surface area contributed by atoms with Gasteiger partial charge >= 0.3 is 0 Å². The predicted octanol–water partition coefficient (Wildman–Crippen LogP) is 3.82. The summed E-state index contributed by atoms with van der Waals surface area (Å²) in [5, 5.41) is 0.716. The topological polar surface area (TPSA) is 30.0 Å². The summed E-state index contributed by atoms with van der Waals surface area (Å²) in [6, 6.07) is 4.06. The van der Waals surface area contributed by atoms with Gasteiger partial charge in [-0.2, -0.15) is 11.8 Å². The number of aromatic nitrogens is 1. The minimum Gasteiger partial charge on any atom is -0.298 e. The van der Waals surface area contributed by atoms with Gasteiger partial charge in [-0.1, -0.05) is 32.3 Å². The standard InChI is InChI=1S/C16H23NOS/c1-2-13-8-9-14(17-11-13)10-15(18)12-19-16-6-4-3-5-7-16/h8-9,11,16H,2-7,10,12H2,1H3. The molecule has 0 radical (unpaired) electrons. The molecule has 2 nitrogen and oxygen atoms in total. The smallest absolute Gasteiger partial charge is 0.148 e. The monoisotopic (exact) mass is 277 g/mol. The number of Topliss-reactive ketones (excluding diaryl/α,β-unsaturated/α-hetero) is 1. The van der Waals surface area contributed by atoms with Crippen LogP contribution in [0.1, 0.15) is 50.3 Å². The van der Waals surface area contributed by atoms with Gasteiger partial charge in [-0.25, -0.2) is 0 Å². The molecule has 0 saturated heterocycles. The molecule has 0 amide bonds. The van der Waals surface area contributed by atoms with Crippen LogP contribution < -0.4 is 0 Å². The predicted molar refractivity (Wildman–Crippen MR) is 81.7 cm³/mol. The quantitative estimate of drug-likeness (QED) is 0.791. The van der Waals surface area contributed by atoms with Crippen LogP contribution in [0.25, 0.3) is 0 Å². The lowest BCUT2D eigenvalue weighted by molar-refractivity contribution is -0.116. The van der Waals surface area contributed by atoms with Gasteiger partial charge in [0.2, 0.25) is 0 Å². The number of nitrogens with zero attached hydrogens (tertiary/aromatic N) is 1. The van der Waals surface area contributed by atoms with Gasteiger partial charge in [-0.3, -0.25) is 9.78 Å². The zero-order valence-electron chi connectivity index (χ0n) is 11.7. The Morgan fingerprint density at radius 3 is 2.74 bits per heavy atom. The van der Waals surface area contributed by atoms with Crippen LogP contribution in [0.5, 0.6) is 0 Å². The SMILES string of the molecule is CCc1ccc(CC(=O)CSC2CCCCC2)nc1. The summed E-state index contributed by atoms with van der Waals surface area (Å²) in [5.74, 6) is 0.967. The highest BCUT2D eigenvalue weighted by molar-refractivity contribution is 8.00. The van der Waals surface area contributed by atoms with E-state index < -0.39 is 0 Å². The Morgan fingerprint density at radius 1 is 1.32 bits per heavy atom. The van der Waals surface area contributed by atoms with Gasteiger partial charge in [0.05, 0.1) is 5.75 Å². The first-order chi connectivity index (χ1) is 9.28. The van der Waals surface area contributed by atoms with Gasteiger partial charge in [0.15, 0.2) is 0 Å². The summed E-state index contributed by atoms with van der Waals surface area (Å²) in [6.07, 6.45) is 10.0. The molecule has 1 heterocycles. The number of hydrogen-bond acceptors (Lipinski definition) is 3. The lowest BCUT2D eigenvalue weighted by Gasteiger charge is -2.20. The van der Waals surface area contributed by atoms with Crippen LogP contribution >= 0.6 is 11.8 Å². The van der Waals surface area contributed by atoms with Gasteiger partial charge in [-0.05, 0) is 30.9 Å². The van der Waals surface area contributed by atoms with Crippen molar-refractivity contribution in [3.05, 3.63) is 29.6 Å². The van der Waals surface area contributed by atoms with Gasteiger partial charge in [0.25, 0.3) is 0 Å². The van der Waals surface area contributed by atoms with E-state index in [9.17, 15) is 4.79 Å². The van der Waals surface area contributed by atoms with Crippen molar-refractivity contribution in [1.29, 1.82) is 0 Å². The number of carbonyl (C=O) groups excluding carboxylic acids is 1. The molecule has 19 heavy (non-hydrogen) atoms. The van der Waals surface area contributed by atoms with E-state index in [0.717, 1.165) is 12.1 Å². The van der Waals surface area contributed by atoms with Crippen molar-refractivity contribution >= 4 is 17.5 Å². The van der Waals surface area contributed by atoms with Crippen LogP contribution in [0.4, 0.5) is 0 Å². The fourth-order valence-corrected chi connectivity index (χ4v) is 3.65. The van der Waals surface area contributed by atoms with E-state index in [2.05, 4.69) is 18.0 Å². The Hall–Kier alpha value is -0.830. The summed E-state index contributed by atoms with van der Waals surface area (Å²) in [6.45, 7) is 2.11. The number of rotatable bonds is 6. The largest absolute Gasteiger partial charge is 0.298 e. The third kappa shape index (κ3) is 4.98. The van der Waals surface area contributed by atoms with Gasteiger partial charge in [0.1, 0.15) is 5.78 Å². The van der Waals surface area contributed by atoms with Crippen molar-refractivity contribution < 1.29 is 4.79 Å². The van der Waals surface area contributed by atoms with Crippen molar-refractivity contribution in [2.45, 2.75) is 57.1 Å². The number of thioether (sulfide) groups is 1. The summed E-state index contributed by atoms with van der Waals surface area (Å²) >= 11 is 1.86.